The lowest BCUT2D eigenvalue weighted by molar-refractivity contribution is 0.0779. The lowest BCUT2D eigenvalue weighted by atomic mass is 10.2. The van der Waals surface area contributed by atoms with Gasteiger partial charge in [-0.1, -0.05) is 0 Å². The van der Waals surface area contributed by atoms with Crippen LogP contribution in [0.4, 0.5) is 5.82 Å². The summed E-state index contributed by atoms with van der Waals surface area (Å²) in [5.41, 5.74) is 6.33. The van der Waals surface area contributed by atoms with Crippen LogP contribution in [0.3, 0.4) is 0 Å². The molecule has 8 nitrogen and oxygen atoms in total. The molecule has 0 aliphatic carbocycles. The summed E-state index contributed by atoms with van der Waals surface area (Å²) in [5.74, 6) is 2.48. The first-order valence-electron chi connectivity index (χ1n) is 8.57. The highest BCUT2D eigenvalue weighted by Gasteiger charge is 2.30. The minimum Gasteiger partial charge on any atom is -0.454 e. The molecule has 1 unspecified atom stereocenters. The van der Waals surface area contributed by atoms with Crippen molar-refractivity contribution in [1.82, 2.24) is 19.8 Å². The third-order valence-corrected chi connectivity index (χ3v) is 4.81. The Morgan fingerprint density at radius 3 is 3.04 bits per heavy atom. The predicted octanol–water partition coefficient (Wildman–Crippen LogP) is 1.13. The van der Waals surface area contributed by atoms with Crippen LogP contribution in [0.1, 0.15) is 22.6 Å². The first-order valence-corrected chi connectivity index (χ1v) is 8.57. The first kappa shape index (κ1) is 16.6. The zero-order chi connectivity index (χ0) is 18.1. The highest BCUT2D eigenvalue weighted by atomic mass is 16.7. The van der Waals surface area contributed by atoms with Crippen molar-refractivity contribution in [3.63, 3.8) is 0 Å². The van der Waals surface area contributed by atoms with Gasteiger partial charge in [-0.3, -0.25) is 9.69 Å². The van der Waals surface area contributed by atoms with Crippen molar-refractivity contribution in [2.75, 3.05) is 32.7 Å². The molecule has 2 aliphatic rings. The number of amides is 1. The lowest BCUT2D eigenvalue weighted by Gasteiger charge is -2.24. The second kappa shape index (κ2) is 6.80. The maximum Gasteiger partial charge on any atom is 0.254 e. The van der Waals surface area contributed by atoms with E-state index in [0.717, 1.165) is 13.0 Å². The molecule has 4 rings (SSSR count). The number of hydrogen-bond acceptors (Lipinski definition) is 7. The largest absolute Gasteiger partial charge is 0.454 e. The maximum atomic E-state index is 12.8. The molecule has 0 saturated carbocycles. The number of nitrogens with two attached hydrogens (primary N) is 1. The van der Waals surface area contributed by atoms with Crippen LogP contribution < -0.4 is 15.2 Å². The van der Waals surface area contributed by atoms with E-state index in [1.807, 2.05) is 11.9 Å². The summed E-state index contributed by atoms with van der Waals surface area (Å²) in [6.07, 6.45) is 2.57. The lowest BCUT2D eigenvalue weighted by Crippen LogP contribution is -2.36. The summed E-state index contributed by atoms with van der Waals surface area (Å²) in [6.45, 7) is 2.20. The summed E-state index contributed by atoms with van der Waals surface area (Å²) in [4.78, 5) is 25.3. The second-order valence-electron chi connectivity index (χ2n) is 6.57. The Morgan fingerprint density at radius 2 is 2.19 bits per heavy atom. The van der Waals surface area contributed by atoms with Crippen molar-refractivity contribution in [2.24, 2.45) is 0 Å². The average molecular weight is 355 g/mol. The van der Waals surface area contributed by atoms with Crippen LogP contribution >= 0.6 is 0 Å². The summed E-state index contributed by atoms with van der Waals surface area (Å²) >= 11 is 0. The standard InChI is InChI=1S/C18H21N5O3/c1-22(10-17-20-6-4-16(19)21-17)13-5-7-23(9-13)18(24)12-2-3-14-15(8-12)26-11-25-14/h2-4,6,8,13H,5,7,9-11H2,1H3,(H2,19,20,21). The van der Waals surface area contributed by atoms with E-state index in [-0.39, 0.29) is 18.7 Å². The van der Waals surface area contributed by atoms with E-state index in [1.165, 1.54) is 0 Å². The van der Waals surface area contributed by atoms with Crippen LogP contribution in [0.25, 0.3) is 0 Å². The molecule has 2 N–H and O–H groups in total. The third-order valence-electron chi connectivity index (χ3n) is 4.81. The molecule has 2 aliphatic heterocycles. The first-order chi connectivity index (χ1) is 12.6. The van der Waals surface area contributed by atoms with Gasteiger partial charge in [0.15, 0.2) is 11.5 Å². The van der Waals surface area contributed by atoms with Crippen molar-refractivity contribution in [3.8, 4) is 11.5 Å². The topological polar surface area (TPSA) is 93.8 Å². The molecule has 0 radical (unpaired) electrons. The number of hydrogen-bond donors (Lipinski definition) is 1. The number of likely N-dealkylation sites (tertiary alicyclic amines) is 1. The van der Waals surface area contributed by atoms with Crippen molar-refractivity contribution < 1.29 is 14.3 Å². The quantitative estimate of drug-likeness (QED) is 0.879. The van der Waals surface area contributed by atoms with Crippen molar-refractivity contribution in [3.05, 3.63) is 41.9 Å². The number of carbonyl (C=O) groups excluding carboxylic acids is 1. The molecule has 0 spiro atoms. The molecule has 1 saturated heterocycles. The number of fused-ring (bicyclic) bond motifs is 1. The molecule has 136 valence electrons. The maximum absolute atomic E-state index is 12.8. The molecule has 1 aromatic carbocycles. The van der Waals surface area contributed by atoms with Gasteiger partial charge in [-0.15, -0.1) is 0 Å². The fourth-order valence-electron chi connectivity index (χ4n) is 3.34. The normalized spacial score (nSPS) is 18.5. The van der Waals surface area contributed by atoms with Crippen molar-refractivity contribution in [1.29, 1.82) is 0 Å². The Balaban J connectivity index is 1.39. The van der Waals surface area contributed by atoms with Gasteiger partial charge in [-0.05, 0) is 37.7 Å². The Bertz CT molecular complexity index is 828. The number of likely N-dealkylation sites (N-methyl/N-ethyl adjacent to an activating group) is 1. The van der Waals surface area contributed by atoms with Gasteiger partial charge in [-0.2, -0.15) is 0 Å². The number of rotatable bonds is 4. The van der Waals surface area contributed by atoms with E-state index in [1.54, 1.807) is 30.5 Å². The molecule has 26 heavy (non-hydrogen) atoms. The number of ether oxygens (including phenoxy) is 2. The SMILES string of the molecule is CN(Cc1nccc(N)n1)C1CCN(C(=O)c2ccc3c(c2)OCO3)C1. The van der Waals surface area contributed by atoms with Crippen molar-refractivity contribution in [2.45, 2.75) is 19.0 Å². The van der Waals surface area contributed by atoms with Crippen LogP contribution in [0.2, 0.25) is 0 Å². The molecular formula is C18H21N5O3. The molecule has 1 atom stereocenters. The van der Waals surface area contributed by atoms with Crippen LogP contribution in [0.15, 0.2) is 30.5 Å². The minimum atomic E-state index is 0.0133. The van der Waals surface area contributed by atoms with Crippen LogP contribution in [0, 0.1) is 0 Å². The van der Waals surface area contributed by atoms with E-state index < -0.39 is 0 Å². The van der Waals surface area contributed by atoms with Gasteiger partial charge < -0.3 is 20.1 Å². The summed E-state index contributed by atoms with van der Waals surface area (Å²) in [7, 11) is 2.02. The van der Waals surface area contributed by atoms with Crippen molar-refractivity contribution >= 4 is 11.7 Å². The van der Waals surface area contributed by atoms with Gasteiger partial charge in [0.2, 0.25) is 6.79 Å². The number of nitrogens with zero attached hydrogens (tertiary/aromatic N) is 4. The monoisotopic (exact) mass is 355 g/mol. The predicted molar refractivity (Wildman–Crippen MR) is 94.8 cm³/mol. The van der Waals surface area contributed by atoms with Crippen LogP contribution in [-0.4, -0.2) is 58.6 Å². The van der Waals surface area contributed by atoms with E-state index in [9.17, 15) is 4.79 Å². The third kappa shape index (κ3) is 3.28. The molecule has 8 heteroatoms. The minimum absolute atomic E-state index is 0.0133. The summed E-state index contributed by atoms with van der Waals surface area (Å²) in [6, 6.07) is 7.26. The number of anilines is 1. The number of carbonyl (C=O) groups is 1. The average Bonchev–Trinajstić information content (AvgIpc) is 3.30. The highest BCUT2D eigenvalue weighted by molar-refractivity contribution is 5.95. The smallest absolute Gasteiger partial charge is 0.254 e. The van der Waals surface area contributed by atoms with Gasteiger partial charge in [-0.25, -0.2) is 9.97 Å². The number of nitrogen functional groups attached to an aromatic ring is 1. The van der Waals surface area contributed by atoms with Gasteiger partial charge in [0.1, 0.15) is 11.6 Å². The molecule has 1 fully saturated rings. The Kier molecular flexibility index (Phi) is 4.34. The Labute approximate surface area is 151 Å². The molecule has 0 bridgehead atoms. The molecular weight excluding hydrogens is 334 g/mol. The van der Waals surface area contributed by atoms with E-state index in [0.29, 0.717) is 41.8 Å². The fourth-order valence-corrected chi connectivity index (χ4v) is 3.34. The van der Waals surface area contributed by atoms with E-state index >= 15 is 0 Å². The second-order valence-corrected chi connectivity index (χ2v) is 6.57. The van der Waals surface area contributed by atoms with E-state index in [2.05, 4.69) is 14.9 Å². The van der Waals surface area contributed by atoms with Gasteiger partial charge in [0.25, 0.3) is 5.91 Å². The highest BCUT2D eigenvalue weighted by Crippen LogP contribution is 2.33. The van der Waals surface area contributed by atoms with Crippen LogP contribution in [-0.2, 0) is 6.54 Å². The zero-order valence-corrected chi connectivity index (χ0v) is 14.6. The molecule has 1 aromatic heterocycles. The molecule has 2 aromatic rings. The molecule has 3 heterocycles. The zero-order valence-electron chi connectivity index (χ0n) is 14.6. The molecule has 1 amide bonds. The fraction of sp³-hybridized carbons (Fsp3) is 0.389. The Morgan fingerprint density at radius 1 is 1.35 bits per heavy atom. The van der Waals surface area contributed by atoms with Gasteiger partial charge >= 0.3 is 0 Å². The van der Waals surface area contributed by atoms with Gasteiger partial charge in [0.05, 0.1) is 6.54 Å². The number of aromatic nitrogens is 2. The summed E-state index contributed by atoms with van der Waals surface area (Å²) < 4.78 is 10.7. The van der Waals surface area contributed by atoms with Crippen LogP contribution in [0.5, 0.6) is 11.5 Å². The van der Waals surface area contributed by atoms with E-state index in [4.69, 9.17) is 15.2 Å². The van der Waals surface area contributed by atoms with Gasteiger partial charge in [0, 0.05) is 30.9 Å². The number of benzene rings is 1. The summed E-state index contributed by atoms with van der Waals surface area (Å²) in [5, 5.41) is 0. The Hall–Kier alpha value is -2.87.